The predicted octanol–water partition coefficient (Wildman–Crippen LogP) is 2.17. The second-order valence-electron chi connectivity index (χ2n) is 4.48. The van der Waals surface area contributed by atoms with Gasteiger partial charge >= 0.3 is 0 Å². The fourth-order valence-corrected chi connectivity index (χ4v) is 2.42. The van der Waals surface area contributed by atoms with Gasteiger partial charge in [-0.2, -0.15) is 0 Å². The van der Waals surface area contributed by atoms with E-state index in [1.54, 1.807) is 0 Å². The first-order valence-electron chi connectivity index (χ1n) is 6.15. The second kappa shape index (κ2) is 4.80. The molecule has 2 aromatic rings. The standard InChI is InChI=1S/C15H16N2O/c16-17-15(11-4-2-1-3-5-11)13-6-7-14-12(10-13)8-9-18-14/h1-7,10,15,17H,8-9,16H2. The van der Waals surface area contributed by atoms with Crippen molar-refractivity contribution in [2.24, 2.45) is 5.84 Å². The van der Waals surface area contributed by atoms with Gasteiger partial charge < -0.3 is 4.74 Å². The van der Waals surface area contributed by atoms with Gasteiger partial charge in [-0.15, -0.1) is 0 Å². The molecule has 1 aliphatic heterocycles. The van der Waals surface area contributed by atoms with Crippen LogP contribution in [0.15, 0.2) is 48.5 Å². The van der Waals surface area contributed by atoms with Gasteiger partial charge in [0.25, 0.3) is 0 Å². The Balaban J connectivity index is 1.97. The molecular weight excluding hydrogens is 224 g/mol. The molecule has 0 saturated carbocycles. The summed E-state index contributed by atoms with van der Waals surface area (Å²) in [7, 11) is 0. The number of fused-ring (bicyclic) bond motifs is 1. The lowest BCUT2D eigenvalue weighted by atomic mass is 9.97. The summed E-state index contributed by atoms with van der Waals surface area (Å²) in [4.78, 5) is 0. The van der Waals surface area contributed by atoms with E-state index in [1.165, 1.54) is 16.7 Å². The summed E-state index contributed by atoms with van der Waals surface area (Å²) in [6.45, 7) is 0.783. The summed E-state index contributed by atoms with van der Waals surface area (Å²) in [5.41, 5.74) is 6.49. The summed E-state index contributed by atoms with van der Waals surface area (Å²) in [5, 5.41) is 0. The zero-order valence-electron chi connectivity index (χ0n) is 10.1. The molecule has 3 rings (SSSR count). The second-order valence-corrected chi connectivity index (χ2v) is 4.48. The normalized spacial score (nSPS) is 14.9. The summed E-state index contributed by atoms with van der Waals surface area (Å²) in [6.07, 6.45) is 0.981. The van der Waals surface area contributed by atoms with Gasteiger partial charge in [-0.05, 0) is 22.8 Å². The SMILES string of the molecule is NNC(c1ccccc1)c1ccc2c(c1)CCO2. The Morgan fingerprint density at radius 2 is 1.89 bits per heavy atom. The number of hydrogen-bond donors (Lipinski definition) is 2. The molecule has 1 heterocycles. The molecule has 3 N–H and O–H groups in total. The van der Waals surface area contributed by atoms with E-state index < -0.39 is 0 Å². The lowest BCUT2D eigenvalue weighted by Crippen LogP contribution is -2.28. The Hall–Kier alpha value is -1.84. The zero-order chi connectivity index (χ0) is 12.4. The van der Waals surface area contributed by atoms with Crippen LogP contribution in [0.5, 0.6) is 5.75 Å². The van der Waals surface area contributed by atoms with Crippen molar-refractivity contribution in [3.05, 3.63) is 65.2 Å². The third-order valence-corrected chi connectivity index (χ3v) is 3.35. The molecule has 0 amide bonds. The lowest BCUT2D eigenvalue weighted by molar-refractivity contribution is 0.357. The maximum Gasteiger partial charge on any atom is 0.122 e. The van der Waals surface area contributed by atoms with E-state index in [2.05, 4.69) is 29.7 Å². The monoisotopic (exact) mass is 240 g/mol. The molecule has 0 radical (unpaired) electrons. The van der Waals surface area contributed by atoms with Gasteiger partial charge in [0.05, 0.1) is 12.6 Å². The molecule has 0 aliphatic carbocycles. The summed E-state index contributed by atoms with van der Waals surface area (Å²) >= 11 is 0. The number of hydrogen-bond acceptors (Lipinski definition) is 3. The van der Waals surface area contributed by atoms with Crippen LogP contribution in [0.1, 0.15) is 22.7 Å². The molecular formula is C15H16N2O. The van der Waals surface area contributed by atoms with Crippen molar-refractivity contribution in [2.75, 3.05) is 6.61 Å². The maximum absolute atomic E-state index is 5.70. The van der Waals surface area contributed by atoms with Crippen molar-refractivity contribution in [1.29, 1.82) is 0 Å². The van der Waals surface area contributed by atoms with Gasteiger partial charge in [-0.3, -0.25) is 5.84 Å². The van der Waals surface area contributed by atoms with Crippen LogP contribution in [0.3, 0.4) is 0 Å². The van der Waals surface area contributed by atoms with Gasteiger partial charge in [-0.1, -0.05) is 42.5 Å². The average Bonchev–Trinajstić information content (AvgIpc) is 2.88. The average molecular weight is 240 g/mol. The first kappa shape index (κ1) is 11.3. The van der Waals surface area contributed by atoms with E-state index in [9.17, 15) is 0 Å². The first-order valence-corrected chi connectivity index (χ1v) is 6.15. The fourth-order valence-electron chi connectivity index (χ4n) is 2.42. The van der Waals surface area contributed by atoms with Crippen LogP contribution in [-0.2, 0) is 6.42 Å². The third-order valence-electron chi connectivity index (χ3n) is 3.35. The minimum atomic E-state index is 0.0251. The van der Waals surface area contributed by atoms with Crippen LogP contribution in [0.25, 0.3) is 0 Å². The minimum Gasteiger partial charge on any atom is -0.493 e. The van der Waals surface area contributed by atoms with E-state index >= 15 is 0 Å². The molecule has 1 atom stereocenters. The van der Waals surface area contributed by atoms with Crippen LogP contribution in [0.4, 0.5) is 0 Å². The van der Waals surface area contributed by atoms with Crippen molar-refractivity contribution in [3.8, 4) is 5.75 Å². The smallest absolute Gasteiger partial charge is 0.122 e. The fraction of sp³-hybridized carbons (Fsp3) is 0.200. The van der Waals surface area contributed by atoms with Crippen LogP contribution in [0, 0.1) is 0 Å². The molecule has 0 aromatic heterocycles. The Morgan fingerprint density at radius 1 is 1.06 bits per heavy atom. The molecule has 0 spiro atoms. The zero-order valence-corrected chi connectivity index (χ0v) is 10.1. The van der Waals surface area contributed by atoms with Crippen molar-refractivity contribution in [3.63, 3.8) is 0 Å². The molecule has 0 bridgehead atoms. The highest BCUT2D eigenvalue weighted by atomic mass is 16.5. The summed E-state index contributed by atoms with van der Waals surface area (Å²) < 4.78 is 5.52. The summed E-state index contributed by atoms with van der Waals surface area (Å²) in [5.74, 6) is 6.70. The van der Waals surface area contributed by atoms with E-state index in [-0.39, 0.29) is 6.04 Å². The van der Waals surface area contributed by atoms with Gasteiger partial charge in [0.1, 0.15) is 5.75 Å². The van der Waals surface area contributed by atoms with Gasteiger partial charge in [0.2, 0.25) is 0 Å². The predicted molar refractivity (Wildman–Crippen MR) is 71.2 cm³/mol. The molecule has 3 nitrogen and oxygen atoms in total. The largest absolute Gasteiger partial charge is 0.493 e. The molecule has 0 fully saturated rings. The van der Waals surface area contributed by atoms with Crippen molar-refractivity contribution in [2.45, 2.75) is 12.5 Å². The van der Waals surface area contributed by atoms with Crippen LogP contribution in [-0.4, -0.2) is 6.61 Å². The Kier molecular flexibility index (Phi) is 3.00. The molecule has 18 heavy (non-hydrogen) atoms. The Bertz CT molecular complexity index is 539. The number of hydrazine groups is 1. The summed E-state index contributed by atoms with van der Waals surface area (Å²) in [6, 6.07) is 16.5. The third kappa shape index (κ3) is 1.98. The molecule has 0 saturated heterocycles. The van der Waals surface area contributed by atoms with Crippen molar-refractivity contribution >= 4 is 0 Å². The molecule has 3 heteroatoms. The highest BCUT2D eigenvalue weighted by molar-refractivity contribution is 5.43. The molecule has 1 unspecified atom stereocenters. The maximum atomic E-state index is 5.70. The topological polar surface area (TPSA) is 47.3 Å². The Labute approximate surface area is 107 Å². The van der Waals surface area contributed by atoms with Gasteiger partial charge in [0.15, 0.2) is 0 Å². The first-order chi connectivity index (χ1) is 8.88. The highest BCUT2D eigenvalue weighted by Gasteiger charge is 2.17. The quantitative estimate of drug-likeness (QED) is 0.638. The molecule has 2 aromatic carbocycles. The van der Waals surface area contributed by atoms with Crippen LogP contribution in [0.2, 0.25) is 0 Å². The molecule has 1 aliphatic rings. The number of nitrogens with two attached hydrogens (primary N) is 1. The van der Waals surface area contributed by atoms with Gasteiger partial charge in [-0.25, -0.2) is 5.43 Å². The molecule has 92 valence electrons. The van der Waals surface area contributed by atoms with Crippen molar-refractivity contribution in [1.82, 2.24) is 5.43 Å². The highest BCUT2D eigenvalue weighted by Crippen LogP contribution is 2.30. The van der Waals surface area contributed by atoms with E-state index in [1.807, 2.05) is 24.3 Å². The number of rotatable bonds is 3. The van der Waals surface area contributed by atoms with Crippen LogP contribution >= 0.6 is 0 Å². The number of ether oxygens (including phenoxy) is 1. The number of benzene rings is 2. The van der Waals surface area contributed by atoms with Gasteiger partial charge in [0, 0.05) is 6.42 Å². The van der Waals surface area contributed by atoms with E-state index in [4.69, 9.17) is 10.6 Å². The number of nitrogens with one attached hydrogen (secondary N) is 1. The van der Waals surface area contributed by atoms with E-state index in [0.29, 0.717) is 0 Å². The van der Waals surface area contributed by atoms with E-state index in [0.717, 1.165) is 18.8 Å². The minimum absolute atomic E-state index is 0.0251. The Morgan fingerprint density at radius 3 is 2.67 bits per heavy atom. The van der Waals surface area contributed by atoms with Crippen molar-refractivity contribution < 1.29 is 4.74 Å². The van der Waals surface area contributed by atoms with Crippen LogP contribution < -0.4 is 16.0 Å². The lowest BCUT2D eigenvalue weighted by Gasteiger charge is -2.17.